The summed E-state index contributed by atoms with van der Waals surface area (Å²) in [6.07, 6.45) is 0.903. The Morgan fingerprint density at radius 1 is 1.19 bits per heavy atom. The Labute approximate surface area is 178 Å². The summed E-state index contributed by atoms with van der Waals surface area (Å²) in [7, 11) is 0. The van der Waals surface area contributed by atoms with Crippen LogP contribution in [0.25, 0.3) is 0 Å². The highest BCUT2D eigenvalue weighted by Gasteiger charge is 2.41. The van der Waals surface area contributed by atoms with Crippen molar-refractivity contribution in [3.05, 3.63) is 58.1 Å². The van der Waals surface area contributed by atoms with Gasteiger partial charge in [-0.15, -0.1) is 0 Å². The van der Waals surface area contributed by atoms with Crippen molar-refractivity contribution in [3.8, 4) is 5.75 Å². The first-order valence-corrected chi connectivity index (χ1v) is 9.93. The Balaban J connectivity index is 1.77. The molecule has 1 aliphatic rings. The summed E-state index contributed by atoms with van der Waals surface area (Å²) in [6, 6.07) is 11.3. The number of fused-ring (bicyclic) bond motifs is 1. The van der Waals surface area contributed by atoms with E-state index in [1.165, 1.54) is 12.1 Å². The molecule has 0 spiro atoms. The summed E-state index contributed by atoms with van der Waals surface area (Å²) in [5, 5.41) is 11.1. The Morgan fingerprint density at radius 3 is 2.68 bits per heavy atom. The number of aromatic nitrogens is 1. The molecule has 0 bridgehead atoms. The zero-order valence-electron chi connectivity index (χ0n) is 17.1. The molecule has 2 aromatic rings. The zero-order chi connectivity index (χ0) is 22.2. The number of benzene rings is 1. The summed E-state index contributed by atoms with van der Waals surface area (Å²) in [6.45, 7) is 2.45. The molecule has 0 fully saturated rings. The van der Waals surface area contributed by atoms with E-state index < -0.39 is 35.3 Å². The third kappa shape index (κ3) is 5.54. The van der Waals surface area contributed by atoms with Crippen LogP contribution in [-0.4, -0.2) is 48.1 Å². The average molecular weight is 429 g/mol. The number of carbonyl (C=O) groups is 2. The second kappa shape index (κ2) is 10.5. The number of nitro groups is 1. The van der Waals surface area contributed by atoms with Gasteiger partial charge in [0.05, 0.1) is 6.61 Å². The number of amides is 1. The van der Waals surface area contributed by atoms with Gasteiger partial charge in [0, 0.05) is 18.2 Å². The minimum atomic E-state index is -1.01. The Morgan fingerprint density at radius 2 is 1.97 bits per heavy atom. The molecule has 2 heterocycles. The number of nitrogens with zero attached hydrogens (tertiary/aromatic N) is 3. The fourth-order valence-electron chi connectivity index (χ4n) is 2.96. The normalized spacial score (nSPS) is 15.2. The molecule has 164 valence electrons. The van der Waals surface area contributed by atoms with Crippen molar-refractivity contribution in [1.82, 2.24) is 4.98 Å². The highest BCUT2D eigenvalue weighted by molar-refractivity contribution is 6.02. The number of hydrogen-bond donors (Lipinski definition) is 0. The van der Waals surface area contributed by atoms with Crippen molar-refractivity contribution in [2.45, 2.75) is 25.9 Å². The van der Waals surface area contributed by atoms with E-state index in [0.29, 0.717) is 12.2 Å². The number of unbranched alkanes of at least 4 members (excludes halogenated alkanes) is 1. The van der Waals surface area contributed by atoms with Gasteiger partial charge < -0.3 is 24.3 Å². The Hall–Kier alpha value is -3.53. The third-order valence-corrected chi connectivity index (χ3v) is 4.52. The molecule has 31 heavy (non-hydrogen) atoms. The molecular formula is C21H23N3O7. The average Bonchev–Trinajstić information content (AvgIpc) is 2.78. The van der Waals surface area contributed by atoms with Gasteiger partial charge in [0.1, 0.15) is 13.2 Å². The van der Waals surface area contributed by atoms with Crippen LogP contribution in [0.15, 0.2) is 42.5 Å². The molecule has 0 saturated heterocycles. The van der Waals surface area contributed by atoms with Crippen molar-refractivity contribution in [1.29, 1.82) is 0 Å². The predicted molar refractivity (Wildman–Crippen MR) is 110 cm³/mol. The molecule has 1 atom stereocenters. The number of rotatable bonds is 10. The summed E-state index contributed by atoms with van der Waals surface area (Å²) in [5.41, 5.74) is 0.583. The molecule has 1 aliphatic heterocycles. The molecule has 0 N–H and O–H groups in total. The van der Waals surface area contributed by atoms with Crippen molar-refractivity contribution in [3.63, 3.8) is 0 Å². The predicted octanol–water partition coefficient (Wildman–Crippen LogP) is 2.82. The maximum absolute atomic E-state index is 13.1. The smallest absolute Gasteiger partial charge is 0.366 e. The third-order valence-electron chi connectivity index (χ3n) is 4.52. The second-order valence-electron chi connectivity index (χ2n) is 6.77. The largest absolute Gasteiger partial charge is 0.469 e. The van der Waals surface area contributed by atoms with E-state index in [4.69, 9.17) is 14.2 Å². The van der Waals surface area contributed by atoms with Crippen LogP contribution in [-0.2, 0) is 19.1 Å². The van der Waals surface area contributed by atoms with Crippen LogP contribution in [0.1, 0.15) is 31.4 Å². The first-order valence-electron chi connectivity index (χ1n) is 9.93. The number of hydrogen-bond acceptors (Lipinski definition) is 8. The topological polar surface area (TPSA) is 121 Å². The summed E-state index contributed by atoms with van der Waals surface area (Å²) >= 11 is 0. The number of pyridine rings is 1. The van der Waals surface area contributed by atoms with Crippen LogP contribution in [0.3, 0.4) is 0 Å². The SMILES string of the molecule is CCCCOCCOC(=O)CN1C(=O)C(c2ccccc2)Oc2ccc([N+](=O)[O-])nc21. The van der Waals surface area contributed by atoms with Gasteiger partial charge in [0.15, 0.2) is 5.75 Å². The zero-order valence-corrected chi connectivity index (χ0v) is 17.1. The minimum absolute atomic E-state index is 0.0401. The lowest BCUT2D eigenvalue weighted by molar-refractivity contribution is -0.389. The van der Waals surface area contributed by atoms with Crippen LogP contribution >= 0.6 is 0 Å². The molecule has 0 aliphatic carbocycles. The standard InChI is InChI=1S/C21H23N3O7/c1-2-3-11-29-12-13-30-18(25)14-23-20-16(9-10-17(22-20)24(27)28)31-19(21(23)26)15-7-5-4-6-8-15/h4-10,19H,2-3,11-14H2,1H3. The Kier molecular flexibility index (Phi) is 7.50. The number of anilines is 1. The van der Waals surface area contributed by atoms with E-state index >= 15 is 0 Å². The quantitative estimate of drug-likeness (QED) is 0.245. The second-order valence-corrected chi connectivity index (χ2v) is 6.77. The van der Waals surface area contributed by atoms with E-state index in [9.17, 15) is 19.7 Å². The summed E-state index contributed by atoms with van der Waals surface area (Å²) < 4.78 is 16.3. The fraction of sp³-hybridized carbons (Fsp3) is 0.381. The molecule has 10 heteroatoms. The first kappa shape index (κ1) is 22.2. The molecule has 1 aromatic carbocycles. The van der Waals surface area contributed by atoms with E-state index in [1.54, 1.807) is 30.3 Å². The highest BCUT2D eigenvalue weighted by atomic mass is 16.6. The van der Waals surface area contributed by atoms with Gasteiger partial charge >= 0.3 is 11.8 Å². The van der Waals surface area contributed by atoms with Gasteiger partial charge in [-0.3, -0.25) is 14.5 Å². The molecular weight excluding hydrogens is 406 g/mol. The van der Waals surface area contributed by atoms with Gasteiger partial charge in [0.2, 0.25) is 6.10 Å². The van der Waals surface area contributed by atoms with Crippen LogP contribution < -0.4 is 9.64 Å². The van der Waals surface area contributed by atoms with Crippen LogP contribution in [0.4, 0.5) is 11.6 Å². The van der Waals surface area contributed by atoms with Gasteiger partial charge in [-0.2, -0.15) is 0 Å². The van der Waals surface area contributed by atoms with Crippen LogP contribution in [0, 0.1) is 10.1 Å². The maximum Gasteiger partial charge on any atom is 0.366 e. The molecule has 1 amide bonds. The fourth-order valence-corrected chi connectivity index (χ4v) is 2.96. The number of esters is 1. The molecule has 3 rings (SSSR count). The Bertz CT molecular complexity index is 936. The molecule has 1 aromatic heterocycles. The number of carbonyl (C=O) groups excluding carboxylic acids is 2. The number of ether oxygens (including phenoxy) is 3. The monoisotopic (exact) mass is 429 g/mol. The molecule has 0 radical (unpaired) electrons. The minimum Gasteiger partial charge on any atom is -0.469 e. The van der Waals surface area contributed by atoms with Gasteiger partial charge in [-0.05, 0) is 22.4 Å². The van der Waals surface area contributed by atoms with Crippen LogP contribution in [0.5, 0.6) is 5.75 Å². The van der Waals surface area contributed by atoms with Crippen molar-refractivity contribution >= 4 is 23.5 Å². The van der Waals surface area contributed by atoms with Crippen LogP contribution in [0.2, 0.25) is 0 Å². The molecule has 0 saturated carbocycles. The van der Waals surface area contributed by atoms with Gasteiger partial charge in [-0.25, -0.2) is 0 Å². The summed E-state index contributed by atoms with van der Waals surface area (Å²) in [5.74, 6) is -1.64. The van der Waals surface area contributed by atoms with Crippen molar-refractivity contribution in [2.24, 2.45) is 0 Å². The van der Waals surface area contributed by atoms with Gasteiger partial charge in [0.25, 0.3) is 11.7 Å². The van der Waals surface area contributed by atoms with Crippen molar-refractivity contribution < 1.29 is 28.7 Å². The highest BCUT2D eigenvalue weighted by Crippen LogP contribution is 2.38. The lowest BCUT2D eigenvalue weighted by Gasteiger charge is -2.30. The van der Waals surface area contributed by atoms with Crippen molar-refractivity contribution in [2.75, 3.05) is 31.3 Å². The van der Waals surface area contributed by atoms with E-state index in [-0.39, 0.29) is 24.8 Å². The lowest BCUT2D eigenvalue weighted by Crippen LogP contribution is -2.45. The van der Waals surface area contributed by atoms with E-state index in [0.717, 1.165) is 17.7 Å². The first-order chi connectivity index (χ1) is 15.0. The lowest BCUT2D eigenvalue weighted by atomic mass is 10.1. The maximum atomic E-state index is 13.1. The summed E-state index contributed by atoms with van der Waals surface area (Å²) in [4.78, 5) is 40.9. The van der Waals surface area contributed by atoms with Gasteiger partial charge in [-0.1, -0.05) is 43.7 Å². The van der Waals surface area contributed by atoms with E-state index in [2.05, 4.69) is 4.98 Å². The molecule has 10 nitrogen and oxygen atoms in total. The molecule has 1 unspecified atom stereocenters. The van der Waals surface area contributed by atoms with E-state index in [1.807, 2.05) is 6.92 Å².